The molecule has 0 saturated heterocycles. The van der Waals surface area contributed by atoms with E-state index in [0.29, 0.717) is 11.3 Å². The third-order valence-electron chi connectivity index (χ3n) is 1.64. The topological polar surface area (TPSA) is 40.9 Å². The lowest BCUT2D eigenvalue weighted by Crippen LogP contribution is -2.09. The Kier molecular flexibility index (Phi) is 3.01. The largest absolute Gasteiger partial charge is 0.292 e. The summed E-state index contributed by atoms with van der Waals surface area (Å²) in [5, 5.41) is 10.5. The Hall–Kier alpha value is -1.14. The molecule has 0 fully saturated rings. The minimum Gasteiger partial charge on any atom is -0.292 e. The highest BCUT2D eigenvalue weighted by atomic mass is 32.1. The molecule has 0 saturated carbocycles. The van der Waals surface area contributed by atoms with E-state index in [0.717, 1.165) is 0 Å². The van der Waals surface area contributed by atoms with E-state index < -0.39 is 5.92 Å². The van der Waals surface area contributed by atoms with E-state index in [2.05, 4.69) is 0 Å². The minimum absolute atomic E-state index is 0.0463. The first kappa shape index (κ1) is 8.95. The van der Waals surface area contributed by atoms with Crippen LogP contribution in [0.3, 0.4) is 0 Å². The van der Waals surface area contributed by atoms with Crippen LogP contribution < -0.4 is 0 Å². The Morgan fingerprint density at radius 3 is 3.00 bits per heavy atom. The predicted octanol–water partition coefficient (Wildman–Crippen LogP) is 2.48. The van der Waals surface area contributed by atoms with Crippen molar-refractivity contribution in [2.24, 2.45) is 5.92 Å². The van der Waals surface area contributed by atoms with Crippen molar-refractivity contribution in [3.63, 3.8) is 0 Å². The molecule has 1 atom stereocenters. The van der Waals surface area contributed by atoms with E-state index in [9.17, 15) is 4.79 Å². The molecular formula is C9H9NOS. The summed E-state index contributed by atoms with van der Waals surface area (Å²) in [6, 6.07) is 5.58. The Balaban J connectivity index is 2.79. The number of ketones is 1. The number of nitriles is 1. The van der Waals surface area contributed by atoms with Gasteiger partial charge in [0, 0.05) is 0 Å². The van der Waals surface area contributed by atoms with E-state index in [4.69, 9.17) is 5.26 Å². The van der Waals surface area contributed by atoms with Gasteiger partial charge in [0.2, 0.25) is 0 Å². The molecule has 0 aliphatic carbocycles. The van der Waals surface area contributed by atoms with Crippen LogP contribution in [-0.4, -0.2) is 5.78 Å². The Morgan fingerprint density at radius 1 is 1.83 bits per heavy atom. The maximum atomic E-state index is 11.5. The minimum atomic E-state index is -0.469. The van der Waals surface area contributed by atoms with Crippen molar-refractivity contribution < 1.29 is 4.79 Å². The van der Waals surface area contributed by atoms with Gasteiger partial charge in [-0.3, -0.25) is 4.79 Å². The van der Waals surface area contributed by atoms with Crippen molar-refractivity contribution in [3.05, 3.63) is 22.4 Å². The monoisotopic (exact) mass is 179 g/mol. The zero-order chi connectivity index (χ0) is 8.97. The van der Waals surface area contributed by atoms with Crippen LogP contribution in [0.2, 0.25) is 0 Å². The molecule has 1 aromatic rings. The third-order valence-corrected chi connectivity index (χ3v) is 2.53. The van der Waals surface area contributed by atoms with Gasteiger partial charge < -0.3 is 0 Å². The smallest absolute Gasteiger partial charge is 0.189 e. The second-order valence-corrected chi connectivity index (χ2v) is 3.38. The average molecular weight is 179 g/mol. The second kappa shape index (κ2) is 4.03. The van der Waals surface area contributed by atoms with Crippen molar-refractivity contribution in [2.75, 3.05) is 0 Å². The number of thiophene rings is 1. The van der Waals surface area contributed by atoms with E-state index in [1.165, 1.54) is 11.3 Å². The zero-order valence-corrected chi connectivity index (χ0v) is 7.60. The quantitative estimate of drug-likeness (QED) is 0.669. The first-order valence-corrected chi connectivity index (χ1v) is 4.65. The number of carbonyl (C=O) groups is 1. The molecule has 0 aliphatic rings. The highest BCUT2D eigenvalue weighted by Crippen LogP contribution is 2.16. The summed E-state index contributed by atoms with van der Waals surface area (Å²) in [7, 11) is 0. The van der Waals surface area contributed by atoms with Gasteiger partial charge in [-0.2, -0.15) is 5.26 Å². The molecule has 2 nitrogen and oxygen atoms in total. The summed E-state index contributed by atoms with van der Waals surface area (Å²) in [5.41, 5.74) is 0. The van der Waals surface area contributed by atoms with Gasteiger partial charge in [-0.25, -0.2) is 0 Å². The molecule has 0 aromatic carbocycles. The summed E-state index contributed by atoms with van der Waals surface area (Å²) in [5.74, 6) is -0.515. The maximum absolute atomic E-state index is 11.5. The Labute approximate surface area is 75.5 Å². The van der Waals surface area contributed by atoms with E-state index in [-0.39, 0.29) is 5.78 Å². The Bertz CT molecular complexity index is 297. The fourth-order valence-electron chi connectivity index (χ4n) is 0.926. The first-order chi connectivity index (χ1) is 5.79. The van der Waals surface area contributed by atoms with Crippen LogP contribution in [-0.2, 0) is 0 Å². The van der Waals surface area contributed by atoms with Gasteiger partial charge >= 0.3 is 0 Å². The van der Waals surface area contributed by atoms with E-state index >= 15 is 0 Å². The van der Waals surface area contributed by atoms with Gasteiger partial charge in [-0.15, -0.1) is 11.3 Å². The second-order valence-electron chi connectivity index (χ2n) is 2.43. The number of nitrogens with zero attached hydrogens (tertiary/aromatic N) is 1. The summed E-state index contributed by atoms with van der Waals surface area (Å²) < 4.78 is 0. The summed E-state index contributed by atoms with van der Waals surface area (Å²) >= 11 is 1.39. The Morgan fingerprint density at radius 2 is 2.58 bits per heavy atom. The van der Waals surface area contributed by atoms with Gasteiger partial charge in [0.05, 0.1) is 10.9 Å². The molecule has 12 heavy (non-hydrogen) atoms. The molecule has 0 radical (unpaired) electrons. The molecule has 1 heterocycles. The molecule has 1 unspecified atom stereocenters. The highest BCUT2D eigenvalue weighted by Gasteiger charge is 2.17. The number of rotatable bonds is 3. The van der Waals surface area contributed by atoms with Crippen molar-refractivity contribution >= 4 is 17.1 Å². The van der Waals surface area contributed by atoms with Crippen molar-refractivity contribution in [2.45, 2.75) is 13.3 Å². The van der Waals surface area contributed by atoms with Crippen LogP contribution in [0.4, 0.5) is 0 Å². The first-order valence-electron chi connectivity index (χ1n) is 3.77. The maximum Gasteiger partial charge on any atom is 0.189 e. The van der Waals surface area contributed by atoms with Crippen molar-refractivity contribution in [3.8, 4) is 6.07 Å². The number of hydrogen-bond acceptors (Lipinski definition) is 3. The summed E-state index contributed by atoms with van der Waals surface area (Å²) in [6.45, 7) is 1.85. The van der Waals surface area contributed by atoms with Crippen molar-refractivity contribution in [1.82, 2.24) is 0 Å². The molecular weight excluding hydrogens is 170 g/mol. The highest BCUT2D eigenvalue weighted by molar-refractivity contribution is 7.12. The average Bonchev–Trinajstić information content (AvgIpc) is 2.58. The normalized spacial score (nSPS) is 12.0. The molecule has 0 bridgehead atoms. The fraction of sp³-hybridized carbons (Fsp3) is 0.333. The third kappa shape index (κ3) is 1.72. The van der Waals surface area contributed by atoms with Gasteiger partial charge in [-0.1, -0.05) is 13.0 Å². The van der Waals surface area contributed by atoms with Gasteiger partial charge in [0.1, 0.15) is 5.92 Å². The van der Waals surface area contributed by atoms with E-state index in [1.807, 2.05) is 24.4 Å². The van der Waals surface area contributed by atoms with Gasteiger partial charge in [0.15, 0.2) is 5.78 Å². The molecule has 3 heteroatoms. The lowest BCUT2D eigenvalue weighted by molar-refractivity contribution is 0.0950. The SMILES string of the molecule is CCC(C#N)C(=O)c1cccs1. The fourth-order valence-corrected chi connectivity index (χ4v) is 1.65. The molecule has 1 aromatic heterocycles. The van der Waals surface area contributed by atoms with Crippen LogP contribution in [0.1, 0.15) is 23.0 Å². The van der Waals surface area contributed by atoms with E-state index in [1.54, 1.807) is 6.07 Å². The number of hydrogen-bond donors (Lipinski definition) is 0. The van der Waals surface area contributed by atoms with Crippen LogP contribution >= 0.6 is 11.3 Å². The van der Waals surface area contributed by atoms with Gasteiger partial charge in [0.25, 0.3) is 0 Å². The van der Waals surface area contributed by atoms with Gasteiger partial charge in [-0.05, 0) is 17.9 Å². The molecule has 0 amide bonds. The summed E-state index contributed by atoms with van der Waals surface area (Å²) in [6.07, 6.45) is 0.591. The lowest BCUT2D eigenvalue weighted by Gasteiger charge is -2.00. The standard InChI is InChI=1S/C9H9NOS/c1-2-7(6-10)9(11)8-4-3-5-12-8/h3-5,7H,2H2,1H3. The lowest BCUT2D eigenvalue weighted by atomic mass is 10.0. The molecule has 0 N–H and O–H groups in total. The molecule has 1 rings (SSSR count). The summed E-state index contributed by atoms with van der Waals surface area (Å²) in [4.78, 5) is 12.1. The molecule has 0 spiro atoms. The zero-order valence-electron chi connectivity index (χ0n) is 6.78. The van der Waals surface area contributed by atoms with Crippen LogP contribution in [0.15, 0.2) is 17.5 Å². The van der Waals surface area contributed by atoms with Crippen LogP contribution in [0, 0.1) is 17.2 Å². The number of Topliss-reactive ketones (excluding diaryl/α,β-unsaturated/α-hetero) is 1. The van der Waals surface area contributed by atoms with Crippen molar-refractivity contribution in [1.29, 1.82) is 5.26 Å². The van der Waals surface area contributed by atoms with Crippen LogP contribution in [0.25, 0.3) is 0 Å². The van der Waals surface area contributed by atoms with Crippen LogP contribution in [0.5, 0.6) is 0 Å². The predicted molar refractivity (Wildman–Crippen MR) is 48.0 cm³/mol. The molecule has 62 valence electrons. The molecule has 0 aliphatic heterocycles. The number of carbonyl (C=O) groups excluding carboxylic acids is 1.